The number of sulfonamides is 1. The normalized spacial score (nSPS) is 11.2. The number of carbonyl (C=O) groups is 1. The van der Waals surface area contributed by atoms with Crippen molar-refractivity contribution in [3.05, 3.63) is 29.6 Å². The number of amides is 1. The zero-order chi connectivity index (χ0) is 16.2. The van der Waals surface area contributed by atoms with Gasteiger partial charge in [0.05, 0.1) is 11.4 Å². The van der Waals surface area contributed by atoms with Crippen molar-refractivity contribution in [2.45, 2.75) is 11.8 Å². The number of halogens is 1. The van der Waals surface area contributed by atoms with Crippen molar-refractivity contribution in [1.29, 1.82) is 0 Å². The highest BCUT2D eigenvalue weighted by atomic mass is 32.2. The van der Waals surface area contributed by atoms with E-state index in [1.807, 2.05) is 0 Å². The summed E-state index contributed by atoms with van der Waals surface area (Å²) in [4.78, 5) is 12.5. The Kier molecular flexibility index (Phi) is 5.76. The second-order valence-corrected chi connectivity index (χ2v) is 6.45. The lowest BCUT2D eigenvalue weighted by Crippen LogP contribution is -2.38. The summed E-state index contributed by atoms with van der Waals surface area (Å²) in [5.74, 6) is -1.08. The first kappa shape index (κ1) is 17.5. The first-order valence-corrected chi connectivity index (χ1v) is 7.91. The number of hydrogen-bond donors (Lipinski definition) is 2. The van der Waals surface area contributed by atoms with Gasteiger partial charge in [-0.15, -0.1) is 0 Å². The summed E-state index contributed by atoms with van der Waals surface area (Å²) >= 11 is 4.65. The number of benzene rings is 1. The number of nitrogens with one attached hydrogen (secondary N) is 1. The van der Waals surface area contributed by atoms with Crippen molar-refractivity contribution in [3.8, 4) is 0 Å². The molecular weight excluding hydrogens is 317 g/mol. The molecule has 0 saturated carbocycles. The van der Waals surface area contributed by atoms with E-state index in [0.717, 1.165) is 18.2 Å². The third kappa shape index (κ3) is 4.45. The molecule has 0 aliphatic rings. The van der Waals surface area contributed by atoms with Gasteiger partial charge in [0, 0.05) is 19.2 Å². The molecule has 0 atom stereocenters. The van der Waals surface area contributed by atoms with Gasteiger partial charge in [-0.1, -0.05) is 12.2 Å². The summed E-state index contributed by atoms with van der Waals surface area (Å²) in [6.07, 6.45) is 0. The molecule has 0 heterocycles. The predicted octanol–water partition coefficient (Wildman–Crippen LogP) is 0.217. The number of likely N-dealkylation sites (N-methyl/N-ethyl adjacent to an activating group) is 1. The minimum absolute atomic E-state index is 0.162. The van der Waals surface area contributed by atoms with Crippen LogP contribution in [0.1, 0.15) is 12.5 Å². The topological polar surface area (TPSA) is 92.5 Å². The average Bonchev–Trinajstić information content (AvgIpc) is 2.43. The van der Waals surface area contributed by atoms with Crippen molar-refractivity contribution in [2.24, 2.45) is 5.73 Å². The molecule has 1 aromatic rings. The quantitative estimate of drug-likeness (QED) is 0.727. The van der Waals surface area contributed by atoms with Crippen LogP contribution in [0, 0.1) is 5.82 Å². The Labute approximate surface area is 128 Å². The molecule has 0 bridgehead atoms. The summed E-state index contributed by atoms with van der Waals surface area (Å²) in [6.45, 7) is 1.84. The summed E-state index contributed by atoms with van der Waals surface area (Å²) in [7, 11) is -2.39. The van der Waals surface area contributed by atoms with Gasteiger partial charge in [-0.3, -0.25) is 4.79 Å². The molecular formula is C12H16FN3O3S2. The van der Waals surface area contributed by atoms with Crippen LogP contribution in [0.15, 0.2) is 23.1 Å². The maximum atomic E-state index is 13.4. The second-order valence-electron chi connectivity index (χ2n) is 4.24. The lowest BCUT2D eigenvalue weighted by molar-refractivity contribution is -0.128. The number of hydrogen-bond acceptors (Lipinski definition) is 4. The molecule has 0 fully saturated rings. The molecule has 1 rings (SSSR count). The van der Waals surface area contributed by atoms with Gasteiger partial charge in [-0.05, 0) is 25.1 Å². The fourth-order valence-corrected chi connectivity index (χ4v) is 2.57. The number of rotatable bonds is 6. The molecule has 3 N–H and O–H groups in total. The number of nitrogens with zero attached hydrogens (tertiary/aromatic N) is 1. The maximum Gasteiger partial charge on any atom is 0.241 e. The fraction of sp³-hybridized carbons (Fsp3) is 0.333. The van der Waals surface area contributed by atoms with Crippen molar-refractivity contribution in [2.75, 3.05) is 20.1 Å². The number of nitrogens with two attached hydrogens (primary N) is 1. The Morgan fingerprint density at radius 3 is 2.62 bits per heavy atom. The second kappa shape index (κ2) is 6.92. The lowest BCUT2D eigenvalue weighted by Gasteiger charge is -2.15. The molecule has 0 aliphatic carbocycles. The van der Waals surface area contributed by atoms with E-state index in [9.17, 15) is 17.6 Å². The molecule has 1 aromatic carbocycles. The predicted molar refractivity (Wildman–Crippen MR) is 80.8 cm³/mol. The van der Waals surface area contributed by atoms with Gasteiger partial charge >= 0.3 is 0 Å². The Hall–Kier alpha value is -1.58. The molecule has 1 amide bonds. The summed E-state index contributed by atoms with van der Waals surface area (Å²) in [5, 5.41) is 0. The largest absolute Gasteiger partial charge is 0.389 e. The van der Waals surface area contributed by atoms with E-state index in [-0.39, 0.29) is 27.9 Å². The van der Waals surface area contributed by atoms with E-state index in [1.54, 1.807) is 14.0 Å². The molecule has 0 aliphatic heterocycles. The first-order chi connectivity index (χ1) is 9.69. The molecule has 6 nitrogen and oxygen atoms in total. The summed E-state index contributed by atoms with van der Waals surface area (Å²) < 4.78 is 39.7. The van der Waals surface area contributed by atoms with E-state index in [4.69, 9.17) is 5.73 Å². The summed E-state index contributed by atoms with van der Waals surface area (Å²) in [6, 6.07) is 3.07. The average molecular weight is 333 g/mol. The molecule has 116 valence electrons. The van der Waals surface area contributed by atoms with E-state index in [2.05, 4.69) is 16.9 Å². The van der Waals surface area contributed by atoms with Gasteiger partial charge in [0.2, 0.25) is 15.9 Å². The maximum absolute atomic E-state index is 13.4. The monoisotopic (exact) mass is 333 g/mol. The number of carbonyl (C=O) groups excluding carboxylic acids is 1. The van der Waals surface area contributed by atoms with Crippen LogP contribution in [-0.4, -0.2) is 44.4 Å². The van der Waals surface area contributed by atoms with Crippen LogP contribution in [-0.2, 0) is 14.8 Å². The van der Waals surface area contributed by atoms with Crippen LogP contribution >= 0.6 is 12.2 Å². The van der Waals surface area contributed by atoms with Crippen LogP contribution in [0.4, 0.5) is 4.39 Å². The van der Waals surface area contributed by atoms with Gasteiger partial charge in [0.15, 0.2) is 0 Å². The zero-order valence-corrected chi connectivity index (χ0v) is 13.2. The van der Waals surface area contributed by atoms with Crippen molar-refractivity contribution >= 4 is 33.1 Å². The fourth-order valence-electron chi connectivity index (χ4n) is 1.41. The Morgan fingerprint density at radius 1 is 1.48 bits per heavy atom. The molecule has 21 heavy (non-hydrogen) atoms. The van der Waals surface area contributed by atoms with E-state index < -0.39 is 15.8 Å². The van der Waals surface area contributed by atoms with E-state index >= 15 is 0 Å². The molecule has 0 radical (unpaired) electrons. The van der Waals surface area contributed by atoms with Gasteiger partial charge in [0.1, 0.15) is 10.8 Å². The minimum atomic E-state index is -3.95. The van der Waals surface area contributed by atoms with Crippen molar-refractivity contribution < 1.29 is 17.6 Å². The number of thiocarbonyl (C=S) groups is 1. The van der Waals surface area contributed by atoms with E-state index in [0.29, 0.717) is 6.54 Å². The highest BCUT2D eigenvalue weighted by Gasteiger charge is 2.19. The highest BCUT2D eigenvalue weighted by molar-refractivity contribution is 7.89. The molecule has 0 spiro atoms. The lowest BCUT2D eigenvalue weighted by atomic mass is 10.2. The SMILES string of the molecule is CCN(C)C(=O)CNS(=O)(=O)c1ccc(F)c(C(N)=S)c1. The Bertz CT molecular complexity index is 662. The molecule has 0 aromatic heterocycles. The van der Waals surface area contributed by atoms with Gasteiger partial charge in [-0.25, -0.2) is 17.5 Å². The van der Waals surface area contributed by atoms with Crippen LogP contribution in [0.5, 0.6) is 0 Å². The minimum Gasteiger partial charge on any atom is -0.389 e. The smallest absolute Gasteiger partial charge is 0.241 e. The van der Waals surface area contributed by atoms with Crippen molar-refractivity contribution in [3.63, 3.8) is 0 Å². The van der Waals surface area contributed by atoms with Gasteiger partial charge in [-0.2, -0.15) is 0 Å². The third-order valence-corrected chi connectivity index (χ3v) is 4.45. The molecule has 0 saturated heterocycles. The van der Waals surface area contributed by atoms with Crippen LogP contribution in [0.3, 0.4) is 0 Å². The van der Waals surface area contributed by atoms with Gasteiger partial charge < -0.3 is 10.6 Å². The van der Waals surface area contributed by atoms with Gasteiger partial charge in [0.25, 0.3) is 0 Å². The molecule has 9 heteroatoms. The highest BCUT2D eigenvalue weighted by Crippen LogP contribution is 2.15. The van der Waals surface area contributed by atoms with E-state index in [1.165, 1.54) is 4.90 Å². The third-order valence-electron chi connectivity index (χ3n) is 2.83. The van der Waals surface area contributed by atoms with Crippen LogP contribution in [0.2, 0.25) is 0 Å². The Morgan fingerprint density at radius 2 is 2.10 bits per heavy atom. The van der Waals surface area contributed by atoms with Crippen LogP contribution < -0.4 is 10.5 Å². The van der Waals surface area contributed by atoms with Crippen molar-refractivity contribution in [1.82, 2.24) is 9.62 Å². The standard InChI is InChI=1S/C12H16FN3O3S2/c1-3-16(2)11(17)7-15-21(18,19)8-4-5-10(13)9(6-8)12(14)20/h4-6,15H,3,7H2,1-2H3,(H2,14,20). The Balaban J connectivity index is 2.96. The zero-order valence-electron chi connectivity index (χ0n) is 11.6. The van der Waals surface area contributed by atoms with Crippen LogP contribution in [0.25, 0.3) is 0 Å². The summed E-state index contributed by atoms with van der Waals surface area (Å²) in [5.41, 5.74) is 5.16. The molecule has 0 unspecified atom stereocenters. The first-order valence-electron chi connectivity index (χ1n) is 6.02.